The lowest BCUT2D eigenvalue weighted by Crippen LogP contribution is -2.17. The summed E-state index contributed by atoms with van der Waals surface area (Å²) in [7, 11) is 0. The fourth-order valence-electron chi connectivity index (χ4n) is 3.10. The van der Waals surface area contributed by atoms with Gasteiger partial charge in [-0.25, -0.2) is 0 Å². The van der Waals surface area contributed by atoms with Gasteiger partial charge in [0.2, 0.25) is 5.95 Å². The van der Waals surface area contributed by atoms with Crippen LogP contribution >= 0.6 is 0 Å². The maximum atomic E-state index is 11.8. The number of nitrogens with zero attached hydrogens (tertiary/aromatic N) is 7. The number of aromatic nitrogens is 6. The molecular formula is C22H21N7O2. The van der Waals surface area contributed by atoms with Crippen LogP contribution in [-0.2, 0) is 0 Å². The first-order valence-electron chi connectivity index (χ1n) is 9.81. The summed E-state index contributed by atoms with van der Waals surface area (Å²) in [5, 5.41) is 8.04. The first-order valence-corrected chi connectivity index (χ1v) is 9.81. The van der Waals surface area contributed by atoms with E-state index in [4.69, 9.17) is 4.74 Å². The van der Waals surface area contributed by atoms with E-state index in [0.29, 0.717) is 18.2 Å². The lowest BCUT2D eigenvalue weighted by Gasteiger charge is -2.23. The van der Waals surface area contributed by atoms with E-state index in [1.807, 2.05) is 72.5 Å². The lowest BCUT2D eigenvalue weighted by atomic mass is 10.2. The molecular weight excluding hydrogens is 394 g/mol. The molecule has 0 unspecified atom stereocenters. The number of para-hydroxylation sites is 2. The molecule has 0 atom stereocenters. The summed E-state index contributed by atoms with van der Waals surface area (Å²) in [6, 6.07) is 19.7. The minimum Gasteiger partial charge on any atom is -0.464 e. The molecule has 0 fully saturated rings. The molecule has 9 nitrogen and oxygen atoms in total. The molecule has 2 aromatic heterocycles. The Kier molecular flexibility index (Phi) is 5.65. The Hall–Kier alpha value is -4.14. The number of carbonyl (C=O) groups excluding carboxylic acids is 1. The van der Waals surface area contributed by atoms with Crippen LogP contribution in [0.2, 0.25) is 0 Å². The maximum absolute atomic E-state index is 11.8. The van der Waals surface area contributed by atoms with Gasteiger partial charge in [0.25, 0.3) is 5.95 Å². The van der Waals surface area contributed by atoms with E-state index in [0.717, 1.165) is 11.4 Å². The summed E-state index contributed by atoms with van der Waals surface area (Å²) < 4.78 is 7.02. The van der Waals surface area contributed by atoms with Crippen molar-refractivity contribution in [2.75, 3.05) is 11.5 Å². The van der Waals surface area contributed by atoms with Gasteiger partial charge in [0.05, 0.1) is 12.3 Å². The minimum atomic E-state index is -0.182. The van der Waals surface area contributed by atoms with Crippen LogP contribution in [0.4, 0.5) is 17.3 Å². The molecule has 0 aliphatic heterocycles. The number of hydrogen-bond acceptors (Lipinski definition) is 8. The first kappa shape index (κ1) is 20.1. The standard InChI is InChI=1S/C22H21N7O2/c1-4-31-22-24-20(23-21(25-22)29-15(2)19(16(3)30)26-27-29)28(17-11-7-5-8-12-17)18-13-9-6-10-14-18/h5-14H,4H2,1-3H3. The van der Waals surface area contributed by atoms with Gasteiger partial charge in [0.15, 0.2) is 11.5 Å². The van der Waals surface area contributed by atoms with Gasteiger partial charge in [-0.2, -0.15) is 19.6 Å². The number of hydrogen-bond donors (Lipinski definition) is 0. The summed E-state index contributed by atoms with van der Waals surface area (Å²) in [4.78, 5) is 27.3. The van der Waals surface area contributed by atoms with Crippen LogP contribution < -0.4 is 9.64 Å². The van der Waals surface area contributed by atoms with Crippen LogP contribution in [0.25, 0.3) is 5.95 Å². The molecule has 2 aromatic carbocycles. The van der Waals surface area contributed by atoms with E-state index < -0.39 is 0 Å². The second-order valence-corrected chi connectivity index (χ2v) is 6.65. The smallest absolute Gasteiger partial charge is 0.323 e. The molecule has 4 rings (SSSR count). The zero-order valence-electron chi connectivity index (χ0n) is 17.4. The first-order chi connectivity index (χ1) is 15.1. The largest absolute Gasteiger partial charge is 0.464 e. The van der Waals surface area contributed by atoms with Crippen molar-refractivity contribution in [2.24, 2.45) is 0 Å². The van der Waals surface area contributed by atoms with Crippen molar-refractivity contribution in [3.8, 4) is 12.0 Å². The van der Waals surface area contributed by atoms with E-state index in [1.54, 1.807) is 6.92 Å². The molecule has 0 bridgehead atoms. The Morgan fingerprint density at radius 1 is 0.968 bits per heavy atom. The van der Waals surface area contributed by atoms with Crippen molar-refractivity contribution >= 4 is 23.1 Å². The second kappa shape index (κ2) is 8.70. The predicted octanol–water partition coefficient (Wildman–Crippen LogP) is 3.83. The molecule has 0 saturated carbocycles. The average Bonchev–Trinajstić information content (AvgIpc) is 3.17. The molecule has 0 radical (unpaired) electrons. The number of rotatable bonds is 7. The minimum absolute atomic E-state index is 0.152. The molecule has 9 heteroatoms. The van der Waals surface area contributed by atoms with Crippen molar-refractivity contribution < 1.29 is 9.53 Å². The Balaban J connectivity index is 1.91. The van der Waals surface area contributed by atoms with Gasteiger partial charge in [-0.3, -0.25) is 9.69 Å². The fourth-order valence-corrected chi connectivity index (χ4v) is 3.10. The SMILES string of the molecule is CCOc1nc(N(c2ccccc2)c2ccccc2)nc(-n2nnc(C(C)=O)c2C)n1. The Labute approximate surface area is 179 Å². The van der Waals surface area contributed by atoms with Gasteiger partial charge in [0, 0.05) is 18.3 Å². The molecule has 0 N–H and O–H groups in total. The quantitative estimate of drug-likeness (QED) is 0.420. The van der Waals surface area contributed by atoms with Gasteiger partial charge in [-0.1, -0.05) is 41.6 Å². The van der Waals surface area contributed by atoms with Gasteiger partial charge in [-0.15, -0.1) is 5.10 Å². The molecule has 0 spiro atoms. The van der Waals surface area contributed by atoms with Crippen molar-refractivity contribution in [3.63, 3.8) is 0 Å². The molecule has 0 saturated heterocycles. The number of ketones is 1. The molecule has 0 aliphatic carbocycles. The highest BCUT2D eigenvalue weighted by Crippen LogP contribution is 2.32. The Bertz CT molecular complexity index is 1150. The van der Waals surface area contributed by atoms with E-state index in [1.165, 1.54) is 11.6 Å². The summed E-state index contributed by atoms with van der Waals surface area (Å²) in [6.45, 7) is 5.42. The van der Waals surface area contributed by atoms with Crippen LogP contribution in [0.1, 0.15) is 30.0 Å². The van der Waals surface area contributed by atoms with Crippen LogP contribution in [0, 0.1) is 6.92 Å². The van der Waals surface area contributed by atoms with E-state index in [2.05, 4.69) is 25.3 Å². The summed E-state index contributed by atoms with van der Waals surface area (Å²) in [5.41, 5.74) is 2.54. The van der Waals surface area contributed by atoms with Crippen LogP contribution in [0.3, 0.4) is 0 Å². The van der Waals surface area contributed by atoms with Crippen molar-refractivity contribution in [1.29, 1.82) is 0 Å². The van der Waals surface area contributed by atoms with Crippen molar-refractivity contribution in [1.82, 2.24) is 29.9 Å². The topological polar surface area (TPSA) is 98.9 Å². The summed E-state index contributed by atoms with van der Waals surface area (Å²) >= 11 is 0. The van der Waals surface area contributed by atoms with Crippen LogP contribution in [-0.4, -0.2) is 42.3 Å². The van der Waals surface area contributed by atoms with Crippen molar-refractivity contribution in [2.45, 2.75) is 20.8 Å². The van der Waals surface area contributed by atoms with Gasteiger partial charge >= 0.3 is 6.01 Å². The Morgan fingerprint density at radius 2 is 1.58 bits per heavy atom. The van der Waals surface area contributed by atoms with Crippen LogP contribution in [0.5, 0.6) is 6.01 Å². The maximum Gasteiger partial charge on any atom is 0.323 e. The van der Waals surface area contributed by atoms with Gasteiger partial charge in [-0.05, 0) is 38.1 Å². The molecule has 31 heavy (non-hydrogen) atoms. The monoisotopic (exact) mass is 415 g/mol. The van der Waals surface area contributed by atoms with Gasteiger partial charge in [0.1, 0.15) is 0 Å². The highest BCUT2D eigenvalue weighted by molar-refractivity contribution is 5.93. The zero-order valence-corrected chi connectivity index (χ0v) is 17.4. The number of anilines is 3. The highest BCUT2D eigenvalue weighted by atomic mass is 16.5. The molecule has 156 valence electrons. The molecule has 4 aromatic rings. The molecule has 2 heterocycles. The third kappa shape index (κ3) is 4.11. The third-order valence-electron chi connectivity index (χ3n) is 4.51. The zero-order chi connectivity index (χ0) is 21.8. The number of ether oxygens (including phenoxy) is 1. The van der Waals surface area contributed by atoms with E-state index >= 15 is 0 Å². The lowest BCUT2D eigenvalue weighted by molar-refractivity contribution is 0.101. The molecule has 0 amide bonds. The number of benzene rings is 2. The highest BCUT2D eigenvalue weighted by Gasteiger charge is 2.21. The third-order valence-corrected chi connectivity index (χ3v) is 4.51. The number of carbonyl (C=O) groups is 1. The van der Waals surface area contributed by atoms with Crippen LogP contribution in [0.15, 0.2) is 60.7 Å². The second-order valence-electron chi connectivity index (χ2n) is 6.65. The fraction of sp³-hybridized carbons (Fsp3) is 0.182. The normalized spacial score (nSPS) is 10.7. The van der Waals surface area contributed by atoms with E-state index in [9.17, 15) is 4.79 Å². The summed E-state index contributed by atoms with van der Waals surface area (Å²) in [5.74, 6) is 0.381. The Morgan fingerprint density at radius 3 is 2.10 bits per heavy atom. The summed E-state index contributed by atoms with van der Waals surface area (Å²) in [6.07, 6.45) is 0. The predicted molar refractivity (Wildman–Crippen MR) is 115 cm³/mol. The molecule has 0 aliphatic rings. The van der Waals surface area contributed by atoms with E-state index in [-0.39, 0.29) is 23.4 Å². The number of Topliss-reactive ketones (excluding diaryl/α,β-unsaturated/α-hetero) is 1. The van der Waals surface area contributed by atoms with Crippen molar-refractivity contribution in [3.05, 3.63) is 72.1 Å². The average molecular weight is 415 g/mol. The van der Waals surface area contributed by atoms with Gasteiger partial charge < -0.3 is 4.74 Å².